The van der Waals surface area contributed by atoms with E-state index in [4.69, 9.17) is 21.7 Å². The van der Waals surface area contributed by atoms with Gasteiger partial charge in [0.1, 0.15) is 28.3 Å². The Morgan fingerprint density at radius 2 is 1.90 bits per heavy atom. The third-order valence-electron chi connectivity index (χ3n) is 4.99. The number of nitrogens with one attached hydrogen (secondary N) is 2. The second kappa shape index (κ2) is 7.31. The second-order valence-corrected chi connectivity index (χ2v) is 7.62. The number of pyridine rings is 1. The molecule has 2 aromatic heterocycles. The summed E-state index contributed by atoms with van der Waals surface area (Å²) in [6, 6.07) is 19.8. The first-order valence-electron chi connectivity index (χ1n) is 9.54. The fourth-order valence-electron chi connectivity index (χ4n) is 3.58. The van der Waals surface area contributed by atoms with E-state index in [2.05, 4.69) is 9.97 Å². The van der Waals surface area contributed by atoms with Crippen LogP contribution in [0.5, 0.6) is 5.75 Å². The van der Waals surface area contributed by atoms with E-state index < -0.39 is 5.97 Å². The van der Waals surface area contributed by atoms with Gasteiger partial charge in [-0.1, -0.05) is 42.5 Å². The minimum absolute atomic E-state index is 0.398. The molecule has 30 heavy (non-hydrogen) atoms. The van der Waals surface area contributed by atoms with E-state index in [1.165, 1.54) is 0 Å². The maximum atomic E-state index is 12.2. The molecule has 0 bridgehead atoms. The third kappa shape index (κ3) is 3.42. The third-order valence-corrected chi connectivity index (χ3v) is 5.29. The topological polar surface area (TPSA) is 67.1 Å². The van der Waals surface area contributed by atoms with Crippen molar-refractivity contribution in [2.24, 2.45) is 0 Å². The van der Waals surface area contributed by atoms with Crippen molar-refractivity contribution in [1.82, 2.24) is 9.97 Å². The van der Waals surface area contributed by atoms with Gasteiger partial charge in [-0.05, 0) is 42.8 Å². The molecule has 0 saturated heterocycles. The summed E-state index contributed by atoms with van der Waals surface area (Å²) in [7, 11) is 0. The highest BCUT2D eigenvalue weighted by Crippen LogP contribution is 2.33. The van der Waals surface area contributed by atoms with Crippen molar-refractivity contribution in [2.45, 2.75) is 13.5 Å². The number of hydrogen-bond donors (Lipinski definition) is 2. The number of ether oxygens (including phenoxy) is 2. The van der Waals surface area contributed by atoms with Gasteiger partial charge in [-0.15, -0.1) is 0 Å². The molecule has 0 aliphatic carbocycles. The Morgan fingerprint density at radius 3 is 2.73 bits per heavy atom. The van der Waals surface area contributed by atoms with Gasteiger partial charge >= 0.3 is 5.97 Å². The van der Waals surface area contributed by atoms with Crippen molar-refractivity contribution < 1.29 is 14.3 Å². The van der Waals surface area contributed by atoms with Crippen molar-refractivity contribution in [3.05, 3.63) is 93.4 Å². The quantitative estimate of drug-likeness (QED) is 0.328. The number of hydrogen-bond acceptors (Lipinski definition) is 4. The summed E-state index contributed by atoms with van der Waals surface area (Å²) in [6.07, 6.45) is 1.82. The normalized spacial score (nSPS) is 14.2. The van der Waals surface area contributed by atoms with Crippen LogP contribution in [0, 0.1) is 11.6 Å². The lowest BCUT2D eigenvalue weighted by Crippen LogP contribution is -1.97. The van der Waals surface area contributed by atoms with Gasteiger partial charge < -0.3 is 19.4 Å². The molecule has 0 amide bonds. The Kier molecular flexibility index (Phi) is 4.48. The van der Waals surface area contributed by atoms with E-state index in [9.17, 15) is 4.79 Å². The van der Waals surface area contributed by atoms with Crippen LogP contribution in [0.15, 0.2) is 60.7 Å². The van der Waals surface area contributed by atoms with E-state index in [0.717, 1.165) is 33.6 Å². The minimum Gasteiger partial charge on any atom is -0.489 e. The number of carbonyl (C=O) groups is 1. The van der Waals surface area contributed by atoms with Crippen LogP contribution in [0.1, 0.15) is 32.9 Å². The fourth-order valence-corrected chi connectivity index (χ4v) is 3.94. The van der Waals surface area contributed by atoms with Crippen LogP contribution >= 0.6 is 12.2 Å². The number of H-pyrrole nitrogens is 2. The molecule has 2 aromatic carbocycles. The monoisotopic (exact) mass is 414 g/mol. The van der Waals surface area contributed by atoms with Gasteiger partial charge in [0.15, 0.2) is 0 Å². The molecule has 5 rings (SSSR count). The standard InChI is InChI=1S/C24H18N2O3S/c1-14-9-19-21(29-24(27)22(19)23(30)25-14)12-17-10-16-11-18(7-8-20(16)26-17)28-13-15-5-3-2-4-6-15/h2-12,26H,13H2,1H3,(H,25,30)/b21-12-. The van der Waals surface area contributed by atoms with Crippen LogP contribution in [0.3, 0.4) is 0 Å². The molecule has 0 radical (unpaired) electrons. The number of rotatable bonds is 4. The van der Waals surface area contributed by atoms with Gasteiger partial charge in [0, 0.05) is 33.9 Å². The van der Waals surface area contributed by atoms with Crippen LogP contribution in [-0.4, -0.2) is 15.9 Å². The molecule has 0 atom stereocenters. The van der Waals surface area contributed by atoms with Crippen LogP contribution in [0.4, 0.5) is 0 Å². The van der Waals surface area contributed by atoms with E-state index in [-0.39, 0.29) is 0 Å². The molecule has 2 N–H and O–H groups in total. The second-order valence-electron chi connectivity index (χ2n) is 7.22. The Hall–Kier alpha value is -3.64. The lowest BCUT2D eigenvalue weighted by atomic mass is 10.1. The van der Waals surface area contributed by atoms with Crippen LogP contribution < -0.4 is 4.74 Å². The summed E-state index contributed by atoms with van der Waals surface area (Å²) in [4.78, 5) is 18.6. The molecular weight excluding hydrogens is 396 g/mol. The van der Waals surface area contributed by atoms with Crippen molar-refractivity contribution in [3.8, 4) is 5.75 Å². The van der Waals surface area contributed by atoms with E-state index in [0.29, 0.717) is 28.1 Å². The molecule has 3 heterocycles. The van der Waals surface area contributed by atoms with Gasteiger partial charge in [-0.3, -0.25) is 0 Å². The van der Waals surface area contributed by atoms with E-state index in [1.807, 2.05) is 73.7 Å². The van der Waals surface area contributed by atoms with Gasteiger partial charge in [0.25, 0.3) is 0 Å². The molecule has 0 spiro atoms. The highest BCUT2D eigenvalue weighted by atomic mass is 32.1. The number of fused-ring (bicyclic) bond motifs is 2. The zero-order valence-corrected chi connectivity index (χ0v) is 17.0. The summed E-state index contributed by atoms with van der Waals surface area (Å²) in [5.41, 5.74) is 4.92. The maximum Gasteiger partial charge on any atom is 0.347 e. The minimum atomic E-state index is -0.426. The number of carbonyl (C=O) groups excluding carboxylic acids is 1. The molecule has 0 saturated carbocycles. The maximum absolute atomic E-state index is 12.2. The number of cyclic esters (lactones) is 1. The van der Waals surface area contributed by atoms with E-state index in [1.54, 1.807) is 0 Å². The number of aromatic nitrogens is 2. The zero-order valence-electron chi connectivity index (χ0n) is 16.2. The summed E-state index contributed by atoms with van der Waals surface area (Å²) in [6.45, 7) is 2.41. The van der Waals surface area contributed by atoms with Crippen molar-refractivity contribution in [2.75, 3.05) is 0 Å². The smallest absolute Gasteiger partial charge is 0.347 e. The molecule has 4 aromatic rings. The molecule has 1 aliphatic heterocycles. The average molecular weight is 414 g/mol. The Morgan fingerprint density at radius 1 is 1.07 bits per heavy atom. The molecule has 0 unspecified atom stereocenters. The summed E-state index contributed by atoms with van der Waals surface area (Å²) in [5, 5.41) is 1.01. The van der Waals surface area contributed by atoms with Crippen molar-refractivity contribution >= 4 is 40.9 Å². The molecular formula is C24H18N2O3S. The molecule has 1 aliphatic rings. The van der Waals surface area contributed by atoms with Crippen LogP contribution in [0.25, 0.3) is 22.7 Å². The Labute approximate surface area is 178 Å². The summed E-state index contributed by atoms with van der Waals surface area (Å²) < 4.78 is 11.8. The van der Waals surface area contributed by atoms with Gasteiger partial charge in [-0.25, -0.2) is 4.79 Å². The number of benzene rings is 2. The molecule has 5 nitrogen and oxygen atoms in total. The summed E-state index contributed by atoms with van der Waals surface area (Å²) in [5.74, 6) is 0.861. The highest BCUT2D eigenvalue weighted by Gasteiger charge is 2.28. The van der Waals surface area contributed by atoms with Crippen molar-refractivity contribution in [1.29, 1.82) is 0 Å². The first-order chi connectivity index (χ1) is 14.6. The van der Waals surface area contributed by atoms with Gasteiger partial charge in [0.2, 0.25) is 0 Å². The number of aryl methyl sites for hydroxylation is 1. The Bertz CT molecular complexity index is 1370. The van der Waals surface area contributed by atoms with Gasteiger partial charge in [-0.2, -0.15) is 0 Å². The predicted molar refractivity (Wildman–Crippen MR) is 119 cm³/mol. The molecule has 0 fully saturated rings. The first kappa shape index (κ1) is 18.4. The average Bonchev–Trinajstić information content (AvgIpc) is 3.27. The Balaban J connectivity index is 1.44. The fraction of sp³-hybridized carbons (Fsp3) is 0.0833. The lowest BCUT2D eigenvalue weighted by Gasteiger charge is -2.06. The molecule has 6 heteroatoms. The zero-order chi connectivity index (χ0) is 20.7. The van der Waals surface area contributed by atoms with Crippen molar-refractivity contribution in [3.63, 3.8) is 0 Å². The van der Waals surface area contributed by atoms with E-state index >= 15 is 0 Å². The SMILES string of the molecule is Cc1cc2c(c(=S)[nH]1)C(=O)O/C2=C\c1cc2cc(OCc3ccccc3)ccc2[nH]1. The number of aromatic amines is 2. The largest absolute Gasteiger partial charge is 0.489 e. The van der Waals surface area contributed by atoms with Crippen LogP contribution in [0.2, 0.25) is 0 Å². The summed E-state index contributed by atoms with van der Waals surface area (Å²) >= 11 is 5.28. The number of esters is 1. The molecule has 148 valence electrons. The lowest BCUT2D eigenvalue weighted by molar-refractivity contribution is 0.0716. The first-order valence-corrected chi connectivity index (χ1v) is 9.95. The van der Waals surface area contributed by atoms with Crippen LogP contribution in [-0.2, 0) is 11.3 Å². The highest BCUT2D eigenvalue weighted by molar-refractivity contribution is 7.71. The predicted octanol–water partition coefficient (Wildman–Crippen LogP) is 5.78. The van der Waals surface area contributed by atoms with Gasteiger partial charge in [0.05, 0.1) is 0 Å².